The molecule has 0 heterocycles. The van der Waals surface area contributed by atoms with E-state index in [-0.39, 0.29) is 0 Å². The maximum absolute atomic E-state index is 3.67. The highest BCUT2D eigenvalue weighted by molar-refractivity contribution is 4.94. The van der Waals surface area contributed by atoms with Crippen molar-refractivity contribution in [2.45, 2.75) is 58.5 Å². The van der Waals surface area contributed by atoms with Crippen LogP contribution in [0.1, 0.15) is 46.5 Å². The van der Waals surface area contributed by atoms with Gasteiger partial charge in [0.25, 0.3) is 0 Å². The standard InChI is InChI=1S/C12H23N/c1-8(2)13-9(3)12-7-10-4-5-11(12)6-10/h8-13H,4-7H2,1-3H3. The van der Waals surface area contributed by atoms with Gasteiger partial charge in [-0.15, -0.1) is 0 Å². The summed E-state index contributed by atoms with van der Waals surface area (Å²) in [6.45, 7) is 6.89. The van der Waals surface area contributed by atoms with E-state index in [2.05, 4.69) is 26.1 Å². The minimum absolute atomic E-state index is 0.647. The van der Waals surface area contributed by atoms with Crippen LogP contribution in [0.3, 0.4) is 0 Å². The van der Waals surface area contributed by atoms with Gasteiger partial charge in [0.05, 0.1) is 0 Å². The van der Waals surface area contributed by atoms with Crippen molar-refractivity contribution >= 4 is 0 Å². The summed E-state index contributed by atoms with van der Waals surface area (Å²) in [5, 5.41) is 3.67. The van der Waals surface area contributed by atoms with E-state index >= 15 is 0 Å². The highest BCUT2D eigenvalue weighted by Crippen LogP contribution is 2.49. The maximum Gasteiger partial charge on any atom is 0.00721 e. The molecule has 4 unspecified atom stereocenters. The predicted molar refractivity (Wildman–Crippen MR) is 56.7 cm³/mol. The summed E-state index contributed by atoms with van der Waals surface area (Å²) in [4.78, 5) is 0. The Hall–Kier alpha value is -0.0400. The summed E-state index contributed by atoms with van der Waals surface area (Å²) in [6.07, 6.45) is 6.08. The lowest BCUT2D eigenvalue weighted by atomic mass is 9.84. The molecule has 1 N–H and O–H groups in total. The van der Waals surface area contributed by atoms with Crippen LogP contribution in [0, 0.1) is 17.8 Å². The summed E-state index contributed by atoms with van der Waals surface area (Å²) in [7, 11) is 0. The molecule has 2 bridgehead atoms. The highest BCUT2D eigenvalue weighted by atomic mass is 14.9. The fraction of sp³-hybridized carbons (Fsp3) is 1.00. The van der Waals surface area contributed by atoms with Crippen LogP contribution in [-0.4, -0.2) is 12.1 Å². The second-order valence-corrected chi connectivity index (χ2v) is 5.45. The van der Waals surface area contributed by atoms with Gasteiger partial charge in [0.15, 0.2) is 0 Å². The van der Waals surface area contributed by atoms with Gasteiger partial charge in [0, 0.05) is 12.1 Å². The van der Waals surface area contributed by atoms with Crippen molar-refractivity contribution in [1.29, 1.82) is 0 Å². The van der Waals surface area contributed by atoms with Gasteiger partial charge in [0.1, 0.15) is 0 Å². The first-order chi connectivity index (χ1) is 6.16. The summed E-state index contributed by atoms with van der Waals surface area (Å²) in [5.74, 6) is 3.14. The fourth-order valence-electron chi connectivity index (χ4n) is 3.56. The molecule has 0 spiro atoms. The zero-order chi connectivity index (χ0) is 9.42. The van der Waals surface area contributed by atoms with Gasteiger partial charge in [-0.05, 0) is 43.9 Å². The van der Waals surface area contributed by atoms with E-state index in [0.717, 1.165) is 23.8 Å². The Morgan fingerprint density at radius 1 is 1.08 bits per heavy atom. The van der Waals surface area contributed by atoms with E-state index in [1.807, 2.05) is 0 Å². The Balaban J connectivity index is 1.87. The lowest BCUT2D eigenvalue weighted by molar-refractivity contribution is 0.251. The van der Waals surface area contributed by atoms with Crippen molar-refractivity contribution < 1.29 is 0 Å². The molecule has 2 rings (SSSR count). The average molecular weight is 181 g/mol. The molecule has 0 aromatic rings. The lowest BCUT2D eigenvalue weighted by Gasteiger charge is -2.30. The maximum atomic E-state index is 3.67. The summed E-state index contributed by atoms with van der Waals surface area (Å²) >= 11 is 0. The van der Waals surface area contributed by atoms with E-state index in [9.17, 15) is 0 Å². The molecule has 0 radical (unpaired) electrons. The van der Waals surface area contributed by atoms with Crippen molar-refractivity contribution in [3.63, 3.8) is 0 Å². The molecule has 0 saturated heterocycles. The van der Waals surface area contributed by atoms with Crippen LogP contribution < -0.4 is 5.32 Å². The van der Waals surface area contributed by atoms with E-state index in [0.29, 0.717) is 6.04 Å². The van der Waals surface area contributed by atoms with Crippen molar-refractivity contribution in [2.75, 3.05) is 0 Å². The Kier molecular flexibility index (Phi) is 2.64. The molecule has 4 atom stereocenters. The minimum atomic E-state index is 0.647. The lowest BCUT2D eigenvalue weighted by Crippen LogP contribution is -2.40. The molecule has 0 aromatic heterocycles. The molecule has 2 fully saturated rings. The smallest absolute Gasteiger partial charge is 0.00721 e. The van der Waals surface area contributed by atoms with Crippen LogP contribution in [0.2, 0.25) is 0 Å². The van der Waals surface area contributed by atoms with Crippen LogP contribution in [-0.2, 0) is 0 Å². The van der Waals surface area contributed by atoms with E-state index in [4.69, 9.17) is 0 Å². The predicted octanol–water partition coefficient (Wildman–Crippen LogP) is 2.81. The van der Waals surface area contributed by atoms with E-state index in [1.165, 1.54) is 25.7 Å². The highest BCUT2D eigenvalue weighted by Gasteiger charge is 2.41. The summed E-state index contributed by atoms with van der Waals surface area (Å²) in [5.41, 5.74) is 0. The molecule has 0 aromatic carbocycles. The molecule has 13 heavy (non-hydrogen) atoms. The Labute approximate surface area is 82.3 Å². The second-order valence-electron chi connectivity index (χ2n) is 5.45. The number of rotatable bonds is 3. The Morgan fingerprint density at radius 2 is 1.85 bits per heavy atom. The number of hydrogen-bond acceptors (Lipinski definition) is 1. The van der Waals surface area contributed by atoms with Gasteiger partial charge >= 0.3 is 0 Å². The first kappa shape index (κ1) is 9.51. The summed E-state index contributed by atoms with van der Waals surface area (Å²) in [6, 6.07) is 1.39. The van der Waals surface area contributed by atoms with E-state index in [1.54, 1.807) is 0 Å². The molecule has 0 aliphatic heterocycles. The summed E-state index contributed by atoms with van der Waals surface area (Å²) < 4.78 is 0. The molecule has 76 valence electrons. The molecule has 1 nitrogen and oxygen atoms in total. The van der Waals surface area contributed by atoms with Gasteiger partial charge < -0.3 is 5.32 Å². The van der Waals surface area contributed by atoms with Crippen molar-refractivity contribution in [2.24, 2.45) is 17.8 Å². The quantitative estimate of drug-likeness (QED) is 0.706. The zero-order valence-corrected chi connectivity index (χ0v) is 9.22. The van der Waals surface area contributed by atoms with Crippen LogP contribution in [0.5, 0.6) is 0 Å². The molecular weight excluding hydrogens is 158 g/mol. The molecule has 0 amide bonds. The number of hydrogen-bond donors (Lipinski definition) is 1. The van der Waals surface area contributed by atoms with Gasteiger partial charge in [-0.1, -0.05) is 20.3 Å². The van der Waals surface area contributed by atoms with Crippen molar-refractivity contribution in [1.82, 2.24) is 5.32 Å². The third-order valence-electron chi connectivity index (χ3n) is 4.03. The van der Waals surface area contributed by atoms with Crippen LogP contribution >= 0.6 is 0 Å². The average Bonchev–Trinajstić information content (AvgIpc) is 2.62. The first-order valence-electron chi connectivity index (χ1n) is 5.93. The van der Waals surface area contributed by atoms with Gasteiger partial charge in [0.2, 0.25) is 0 Å². The Morgan fingerprint density at radius 3 is 2.31 bits per heavy atom. The zero-order valence-electron chi connectivity index (χ0n) is 9.22. The largest absolute Gasteiger partial charge is 0.312 e. The third kappa shape index (κ3) is 1.90. The SMILES string of the molecule is CC(C)NC(C)C1CC2CCC1C2. The van der Waals surface area contributed by atoms with Gasteiger partial charge in [-0.2, -0.15) is 0 Å². The van der Waals surface area contributed by atoms with Gasteiger partial charge in [-0.3, -0.25) is 0 Å². The van der Waals surface area contributed by atoms with E-state index < -0.39 is 0 Å². The first-order valence-corrected chi connectivity index (χ1v) is 5.93. The topological polar surface area (TPSA) is 12.0 Å². The molecule has 2 aliphatic carbocycles. The Bertz CT molecular complexity index is 176. The second kappa shape index (κ2) is 3.61. The molecule has 2 aliphatic rings. The molecule has 2 saturated carbocycles. The normalized spacial score (nSPS) is 40.2. The molecule has 1 heteroatoms. The molecular formula is C12H23N. The monoisotopic (exact) mass is 181 g/mol. The fourth-order valence-corrected chi connectivity index (χ4v) is 3.56. The third-order valence-corrected chi connectivity index (χ3v) is 4.03. The minimum Gasteiger partial charge on any atom is -0.312 e. The van der Waals surface area contributed by atoms with Crippen LogP contribution in [0.4, 0.5) is 0 Å². The van der Waals surface area contributed by atoms with Crippen LogP contribution in [0.25, 0.3) is 0 Å². The number of nitrogens with one attached hydrogen (secondary N) is 1. The number of fused-ring (bicyclic) bond motifs is 2. The van der Waals surface area contributed by atoms with Crippen molar-refractivity contribution in [3.8, 4) is 0 Å². The van der Waals surface area contributed by atoms with Gasteiger partial charge in [-0.25, -0.2) is 0 Å². The van der Waals surface area contributed by atoms with Crippen LogP contribution in [0.15, 0.2) is 0 Å². The van der Waals surface area contributed by atoms with Crippen molar-refractivity contribution in [3.05, 3.63) is 0 Å².